The van der Waals surface area contributed by atoms with Crippen molar-refractivity contribution >= 4 is 23.4 Å². The fourth-order valence-corrected chi connectivity index (χ4v) is 3.00. The first-order valence-electron chi connectivity index (χ1n) is 9.72. The highest BCUT2D eigenvalue weighted by Gasteiger charge is 2.28. The molecule has 0 heterocycles. The third kappa shape index (κ3) is 7.26. The Hall–Kier alpha value is -2.73. The van der Waals surface area contributed by atoms with E-state index in [-0.39, 0.29) is 25.0 Å². The Bertz CT molecular complexity index is 862. The molecule has 0 aromatic heterocycles. The number of ether oxygens (including phenoxy) is 2. The fourth-order valence-electron chi connectivity index (χ4n) is 2.79. The molecule has 0 aliphatic carbocycles. The van der Waals surface area contributed by atoms with Crippen LogP contribution < -0.4 is 14.8 Å². The molecule has 7 heteroatoms. The summed E-state index contributed by atoms with van der Waals surface area (Å²) in [6.45, 7) is 7.44. The second-order valence-electron chi connectivity index (χ2n) is 8.03. The Kier molecular flexibility index (Phi) is 8.12. The Morgan fingerprint density at radius 2 is 1.73 bits per heavy atom. The summed E-state index contributed by atoms with van der Waals surface area (Å²) in [7, 11) is 1.58. The minimum atomic E-state index is -0.685. The van der Waals surface area contributed by atoms with Crippen molar-refractivity contribution in [3.63, 3.8) is 0 Å². The monoisotopic (exact) mass is 432 g/mol. The van der Waals surface area contributed by atoms with Gasteiger partial charge in [-0.25, -0.2) is 0 Å². The number of hydrogen-bond donors (Lipinski definition) is 1. The molecule has 0 bridgehead atoms. The smallest absolute Gasteiger partial charge is 0.261 e. The van der Waals surface area contributed by atoms with Gasteiger partial charge in [-0.05, 0) is 69.7 Å². The van der Waals surface area contributed by atoms with Gasteiger partial charge < -0.3 is 19.7 Å². The largest absolute Gasteiger partial charge is 0.497 e. The predicted molar refractivity (Wildman–Crippen MR) is 118 cm³/mol. The predicted octanol–water partition coefficient (Wildman–Crippen LogP) is 4.06. The van der Waals surface area contributed by atoms with E-state index in [2.05, 4.69) is 5.32 Å². The maximum absolute atomic E-state index is 13.0. The van der Waals surface area contributed by atoms with Gasteiger partial charge in [-0.2, -0.15) is 0 Å². The van der Waals surface area contributed by atoms with Crippen LogP contribution in [-0.4, -0.2) is 42.0 Å². The van der Waals surface area contributed by atoms with Gasteiger partial charge >= 0.3 is 0 Å². The molecule has 1 N–H and O–H groups in total. The van der Waals surface area contributed by atoms with Crippen LogP contribution in [0.4, 0.5) is 0 Å². The number of carbonyl (C=O) groups excluding carboxylic acids is 2. The summed E-state index contributed by atoms with van der Waals surface area (Å²) in [5.41, 5.74) is 0.422. The van der Waals surface area contributed by atoms with Gasteiger partial charge in [0.1, 0.15) is 17.5 Å². The number of amides is 2. The Labute approximate surface area is 183 Å². The Morgan fingerprint density at radius 3 is 2.30 bits per heavy atom. The molecule has 0 fully saturated rings. The number of nitrogens with one attached hydrogen (secondary N) is 1. The van der Waals surface area contributed by atoms with Crippen LogP contribution in [0.15, 0.2) is 48.5 Å². The number of halogens is 1. The molecule has 0 spiro atoms. The maximum atomic E-state index is 13.0. The lowest BCUT2D eigenvalue weighted by Crippen LogP contribution is -2.53. The van der Waals surface area contributed by atoms with E-state index in [1.54, 1.807) is 50.4 Å². The molecule has 6 nitrogen and oxygen atoms in total. The van der Waals surface area contributed by atoms with E-state index >= 15 is 0 Å². The lowest BCUT2D eigenvalue weighted by Gasteiger charge is -2.31. The van der Waals surface area contributed by atoms with Crippen LogP contribution in [0.2, 0.25) is 5.02 Å². The van der Waals surface area contributed by atoms with Crippen molar-refractivity contribution in [2.75, 3.05) is 13.7 Å². The molecule has 2 aromatic rings. The minimum absolute atomic E-state index is 0.194. The second-order valence-corrected chi connectivity index (χ2v) is 8.47. The lowest BCUT2D eigenvalue weighted by atomic mass is 10.1. The first-order valence-corrected chi connectivity index (χ1v) is 10.1. The van der Waals surface area contributed by atoms with Crippen molar-refractivity contribution < 1.29 is 19.1 Å². The van der Waals surface area contributed by atoms with Crippen LogP contribution in [0.5, 0.6) is 11.5 Å². The third-order valence-electron chi connectivity index (χ3n) is 4.33. The van der Waals surface area contributed by atoms with Crippen molar-refractivity contribution in [2.45, 2.75) is 45.8 Å². The van der Waals surface area contributed by atoms with Gasteiger partial charge in [0.05, 0.1) is 7.11 Å². The molecular weight excluding hydrogens is 404 g/mol. The summed E-state index contributed by atoms with van der Waals surface area (Å²) >= 11 is 6.09. The topological polar surface area (TPSA) is 67.9 Å². The van der Waals surface area contributed by atoms with Crippen molar-refractivity contribution in [3.8, 4) is 11.5 Å². The Morgan fingerprint density at radius 1 is 1.10 bits per heavy atom. The minimum Gasteiger partial charge on any atom is -0.497 e. The summed E-state index contributed by atoms with van der Waals surface area (Å²) in [4.78, 5) is 27.2. The van der Waals surface area contributed by atoms with E-state index < -0.39 is 11.6 Å². The van der Waals surface area contributed by atoms with Crippen LogP contribution in [0.3, 0.4) is 0 Å². The summed E-state index contributed by atoms with van der Waals surface area (Å²) in [5, 5.41) is 3.49. The highest BCUT2D eigenvalue weighted by molar-refractivity contribution is 6.30. The fraction of sp³-hybridized carbons (Fsp3) is 0.391. The van der Waals surface area contributed by atoms with E-state index in [0.717, 1.165) is 5.56 Å². The van der Waals surface area contributed by atoms with Gasteiger partial charge in [-0.15, -0.1) is 0 Å². The first kappa shape index (κ1) is 23.5. The standard InChI is InChI=1S/C23H29ClN2O4/c1-16(22(28)25-23(2,3)4)26(14-17-7-6-8-18(24)13-17)21(27)15-30-20-11-9-19(29-5)10-12-20/h6-13,16H,14-15H2,1-5H3,(H,25,28)/t16-/m1/s1. The normalized spacial score (nSPS) is 12.1. The van der Waals surface area contributed by atoms with Gasteiger partial charge in [0.15, 0.2) is 6.61 Å². The molecule has 2 amide bonds. The van der Waals surface area contributed by atoms with Gasteiger partial charge in [-0.3, -0.25) is 9.59 Å². The molecule has 0 aliphatic rings. The van der Waals surface area contributed by atoms with E-state index in [0.29, 0.717) is 16.5 Å². The van der Waals surface area contributed by atoms with Crippen LogP contribution in [0.1, 0.15) is 33.3 Å². The lowest BCUT2D eigenvalue weighted by molar-refractivity contribution is -0.142. The molecule has 0 unspecified atom stereocenters. The van der Waals surface area contributed by atoms with E-state index in [4.69, 9.17) is 21.1 Å². The van der Waals surface area contributed by atoms with Gasteiger partial charge in [0.25, 0.3) is 5.91 Å². The molecule has 2 rings (SSSR count). The molecule has 30 heavy (non-hydrogen) atoms. The number of hydrogen-bond acceptors (Lipinski definition) is 4. The highest BCUT2D eigenvalue weighted by Crippen LogP contribution is 2.18. The number of rotatable bonds is 8. The molecular formula is C23H29ClN2O4. The highest BCUT2D eigenvalue weighted by atomic mass is 35.5. The summed E-state index contributed by atoms with van der Waals surface area (Å²) in [6, 6.07) is 13.5. The molecule has 2 aromatic carbocycles. The summed E-state index contributed by atoms with van der Waals surface area (Å²) in [5.74, 6) is 0.701. The van der Waals surface area contributed by atoms with Gasteiger partial charge in [0, 0.05) is 17.1 Å². The summed E-state index contributed by atoms with van der Waals surface area (Å²) in [6.07, 6.45) is 0. The van der Waals surface area contributed by atoms with Gasteiger partial charge in [0.2, 0.25) is 5.91 Å². The van der Waals surface area contributed by atoms with Crippen LogP contribution in [0.25, 0.3) is 0 Å². The number of carbonyl (C=O) groups is 2. The SMILES string of the molecule is COc1ccc(OCC(=O)N(Cc2cccc(Cl)c2)[C@H](C)C(=O)NC(C)(C)C)cc1. The van der Waals surface area contributed by atoms with Crippen molar-refractivity contribution in [3.05, 3.63) is 59.1 Å². The molecule has 0 radical (unpaired) electrons. The van der Waals surface area contributed by atoms with Crippen LogP contribution in [0, 0.1) is 0 Å². The number of nitrogens with zero attached hydrogens (tertiary/aromatic N) is 1. The first-order chi connectivity index (χ1) is 14.1. The maximum Gasteiger partial charge on any atom is 0.261 e. The van der Waals surface area contributed by atoms with E-state index in [1.807, 2.05) is 32.9 Å². The third-order valence-corrected chi connectivity index (χ3v) is 4.56. The van der Waals surface area contributed by atoms with Crippen LogP contribution >= 0.6 is 11.6 Å². The average molecular weight is 433 g/mol. The number of benzene rings is 2. The second kappa shape index (κ2) is 10.3. The molecule has 0 aliphatic heterocycles. The van der Waals surface area contributed by atoms with Crippen LogP contribution in [-0.2, 0) is 16.1 Å². The summed E-state index contributed by atoms with van der Waals surface area (Å²) < 4.78 is 10.8. The quantitative estimate of drug-likeness (QED) is 0.683. The van der Waals surface area contributed by atoms with E-state index in [9.17, 15) is 9.59 Å². The van der Waals surface area contributed by atoms with E-state index in [1.165, 1.54) is 4.90 Å². The van der Waals surface area contributed by atoms with Crippen molar-refractivity contribution in [1.29, 1.82) is 0 Å². The molecule has 0 saturated heterocycles. The van der Waals surface area contributed by atoms with Crippen molar-refractivity contribution in [2.24, 2.45) is 0 Å². The van der Waals surface area contributed by atoms with Gasteiger partial charge in [-0.1, -0.05) is 23.7 Å². The average Bonchev–Trinajstić information content (AvgIpc) is 2.69. The van der Waals surface area contributed by atoms with Crippen molar-refractivity contribution in [1.82, 2.24) is 10.2 Å². The number of methoxy groups -OCH3 is 1. The molecule has 162 valence electrons. The molecule has 1 atom stereocenters. The molecule has 0 saturated carbocycles. The Balaban J connectivity index is 2.15. The zero-order valence-corrected chi connectivity index (χ0v) is 18.8. The zero-order chi connectivity index (χ0) is 22.3. The zero-order valence-electron chi connectivity index (χ0n) is 18.1.